The van der Waals surface area contributed by atoms with Gasteiger partial charge in [0.05, 0.1) is 0 Å². The number of hydrogen-bond acceptors (Lipinski definition) is 0. The molecular weight excluding hydrogens is 234 g/mol. The Bertz CT molecular complexity index is 58.6. The van der Waals surface area contributed by atoms with E-state index in [1.165, 1.54) is 77.0 Å². The van der Waals surface area contributed by atoms with Crippen LogP contribution >= 0.6 is 0 Å². The number of hydrogen-bond donors (Lipinski definition) is 0. The summed E-state index contributed by atoms with van der Waals surface area (Å²) in [6.07, 6.45) is 22.0. The molecule has 0 amide bonds. The van der Waals surface area contributed by atoms with Crippen LogP contribution in [-0.4, -0.2) is 0 Å². The molecule has 84 valence electrons. The molecule has 0 N–H and O–H groups in total. The fourth-order valence-electron chi connectivity index (χ4n) is 2.15. The summed E-state index contributed by atoms with van der Waals surface area (Å²) in [5, 5.41) is 0. The van der Waals surface area contributed by atoms with Gasteiger partial charge in [0.2, 0.25) is 0 Å². The standard InChI is InChI=1S/2C7H13.Zn/c2*1-2-4-6-7-5-3-1;/h2*1H,2-7H2;/q2*-1;+2. The Kier molecular flexibility index (Phi) is 13.2. The zero-order valence-electron chi connectivity index (χ0n) is 10.3. The van der Waals surface area contributed by atoms with Gasteiger partial charge < -0.3 is 12.8 Å². The van der Waals surface area contributed by atoms with Gasteiger partial charge in [-0.05, 0) is 0 Å². The Morgan fingerprint density at radius 2 is 0.667 bits per heavy atom. The summed E-state index contributed by atoms with van der Waals surface area (Å²) >= 11 is 0. The molecule has 0 heterocycles. The molecule has 15 heavy (non-hydrogen) atoms. The van der Waals surface area contributed by atoms with Crippen LogP contribution in [0, 0.1) is 12.8 Å². The minimum atomic E-state index is 0. The Morgan fingerprint density at radius 1 is 0.400 bits per heavy atom. The second-order valence-corrected chi connectivity index (χ2v) is 4.56. The third kappa shape index (κ3) is 10.9. The van der Waals surface area contributed by atoms with Crippen molar-refractivity contribution in [2.45, 2.75) is 77.0 Å². The van der Waals surface area contributed by atoms with Gasteiger partial charge in [0.25, 0.3) is 0 Å². The molecule has 0 spiro atoms. The van der Waals surface area contributed by atoms with Crippen LogP contribution in [0.5, 0.6) is 0 Å². The normalized spacial score (nSPS) is 22.4. The average Bonchev–Trinajstić information content (AvgIpc) is 2.68. The van der Waals surface area contributed by atoms with Crippen molar-refractivity contribution in [2.24, 2.45) is 0 Å². The largest absolute Gasteiger partial charge is 2.00 e. The van der Waals surface area contributed by atoms with Gasteiger partial charge in [-0.25, -0.2) is 0 Å². The second-order valence-electron chi connectivity index (χ2n) is 4.56. The molecule has 0 atom stereocenters. The molecule has 2 fully saturated rings. The maximum absolute atomic E-state index is 2.42. The van der Waals surface area contributed by atoms with Crippen LogP contribution in [0.1, 0.15) is 77.0 Å². The average molecular weight is 260 g/mol. The predicted molar refractivity (Wildman–Crippen MR) is 64.0 cm³/mol. The Labute approximate surface area is 109 Å². The molecule has 0 nitrogen and oxygen atoms in total. The van der Waals surface area contributed by atoms with Crippen LogP contribution in [-0.2, 0) is 19.5 Å². The Hall–Kier alpha value is 0.623. The van der Waals surface area contributed by atoms with Crippen molar-refractivity contribution in [3.8, 4) is 0 Å². The van der Waals surface area contributed by atoms with Gasteiger partial charge >= 0.3 is 19.5 Å². The summed E-state index contributed by atoms with van der Waals surface area (Å²) in [6.45, 7) is 0. The monoisotopic (exact) mass is 258 g/mol. The molecule has 1 heteroatoms. The summed E-state index contributed by atoms with van der Waals surface area (Å²) in [5.41, 5.74) is 0. The van der Waals surface area contributed by atoms with Gasteiger partial charge in [-0.1, -0.05) is 51.4 Å². The number of rotatable bonds is 0. The molecule has 0 unspecified atom stereocenters. The zero-order chi connectivity index (χ0) is 9.90. The van der Waals surface area contributed by atoms with Gasteiger partial charge in [0, 0.05) is 0 Å². The smallest absolute Gasteiger partial charge is 0.328 e. The predicted octanol–water partition coefficient (Wildman–Crippen LogP) is 5.09. The van der Waals surface area contributed by atoms with Crippen molar-refractivity contribution in [3.05, 3.63) is 12.8 Å². The molecule has 2 saturated carbocycles. The second kappa shape index (κ2) is 12.7. The third-order valence-corrected chi connectivity index (χ3v) is 3.13. The van der Waals surface area contributed by atoms with E-state index in [0.717, 1.165) is 0 Å². The van der Waals surface area contributed by atoms with Crippen LogP contribution in [0.2, 0.25) is 0 Å². The molecule has 0 aromatic heterocycles. The molecule has 0 radical (unpaired) electrons. The van der Waals surface area contributed by atoms with Crippen molar-refractivity contribution < 1.29 is 19.5 Å². The zero-order valence-corrected chi connectivity index (χ0v) is 13.3. The van der Waals surface area contributed by atoms with E-state index in [1.807, 2.05) is 0 Å². The first-order valence-corrected chi connectivity index (χ1v) is 6.63. The SMILES string of the molecule is [CH-]1CCCCCC1.[CH-]1CCCCCC1.[Zn+2]. The van der Waals surface area contributed by atoms with Crippen molar-refractivity contribution in [3.63, 3.8) is 0 Å². The van der Waals surface area contributed by atoms with Crippen molar-refractivity contribution >= 4 is 0 Å². The maximum Gasteiger partial charge on any atom is 2.00 e. The molecule has 0 aromatic carbocycles. The van der Waals surface area contributed by atoms with E-state index in [9.17, 15) is 0 Å². The first-order chi connectivity index (χ1) is 7.00. The summed E-state index contributed by atoms with van der Waals surface area (Å²) in [6, 6.07) is 0. The molecule has 0 bridgehead atoms. The summed E-state index contributed by atoms with van der Waals surface area (Å²) < 4.78 is 0. The molecule has 0 saturated heterocycles. The molecular formula is C14H26Zn. The van der Waals surface area contributed by atoms with Crippen molar-refractivity contribution in [1.29, 1.82) is 0 Å². The van der Waals surface area contributed by atoms with Gasteiger partial charge in [-0.3, -0.25) is 0 Å². The van der Waals surface area contributed by atoms with E-state index < -0.39 is 0 Å². The summed E-state index contributed by atoms with van der Waals surface area (Å²) in [7, 11) is 0. The summed E-state index contributed by atoms with van der Waals surface area (Å²) in [5.74, 6) is 0. The first kappa shape index (κ1) is 15.6. The van der Waals surface area contributed by atoms with Gasteiger partial charge in [-0.2, -0.15) is 25.7 Å². The van der Waals surface area contributed by atoms with Crippen LogP contribution in [0.15, 0.2) is 0 Å². The topological polar surface area (TPSA) is 0 Å². The Balaban J connectivity index is 0.000000245. The van der Waals surface area contributed by atoms with Crippen molar-refractivity contribution in [2.75, 3.05) is 0 Å². The van der Waals surface area contributed by atoms with Gasteiger partial charge in [-0.15, -0.1) is 0 Å². The fourth-order valence-corrected chi connectivity index (χ4v) is 2.15. The van der Waals surface area contributed by atoms with E-state index in [0.29, 0.717) is 0 Å². The maximum atomic E-state index is 2.42. The minimum absolute atomic E-state index is 0. The third-order valence-electron chi connectivity index (χ3n) is 3.13. The Morgan fingerprint density at radius 3 is 0.933 bits per heavy atom. The summed E-state index contributed by atoms with van der Waals surface area (Å²) in [4.78, 5) is 0. The van der Waals surface area contributed by atoms with Gasteiger partial charge in [0.15, 0.2) is 0 Å². The van der Waals surface area contributed by atoms with E-state index >= 15 is 0 Å². The van der Waals surface area contributed by atoms with Crippen LogP contribution in [0.25, 0.3) is 0 Å². The van der Waals surface area contributed by atoms with E-state index in [2.05, 4.69) is 12.8 Å². The van der Waals surface area contributed by atoms with E-state index in [4.69, 9.17) is 0 Å². The molecule has 0 aromatic rings. The van der Waals surface area contributed by atoms with Crippen LogP contribution in [0.4, 0.5) is 0 Å². The fraction of sp³-hybridized carbons (Fsp3) is 0.857. The van der Waals surface area contributed by atoms with E-state index in [1.54, 1.807) is 0 Å². The van der Waals surface area contributed by atoms with E-state index in [-0.39, 0.29) is 19.5 Å². The minimum Gasteiger partial charge on any atom is -0.328 e. The van der Waals surface area contributed by atoms with Crippen LogP contribution in [0.3, 0.4) is 0 Å². The molecule has 0 aliphatic heterocycles. The van der Waals surface area contributed by atoms with Gasteiger partial charge in [0.1, 0.15) is 0 Å². The first-order valence-electron chi connectivity index (χ1n) is 6.63. The van der Waals surface area contributed by atoms with Crippen molar-refractivity contribution in [1.82, 2.24) is 0 Å². The molecule has 2 aliphatic carbocycles. The molecule has 2 rings (SSSR count). The molecule has 2 aliphatic rings. The quantitative estimate of drug-likeness (QED) is 0.323. The van der Waals surface area contributed by atoms with Crippen LogP contribution < -0.4 is 0 Å².